The summed E-state index contributed by atoms with van der Waals surface area (Å²) in [5.74, 6) is 0.411. The molecule has 1 aromatic rings. The summed E-state index contributed by atoms with van der Waals surface area (Å²) in [7, 11) is 0. The van der Waals surface area contributed by atoms with Gasteiger partial charge in [-0.25, -0.2) is 9.97 Å². The number of halogens is 3. The molecular weight excluding hydrogens is 219 g/mol. The van der Waals surface area contributed by atoms with Crippen LogP contribution in [-0.4, -0.2) is 22.7 Å². The Morgan fingerprint density at radius 1 is 1.31 bits per heavy atom. The van der Waals surface area contributed by atoms with Crippen molar-refractivity contribution in [2.45, 2.75) is 32.0 Å². The van der Waals surface area contributed by atoms with Gasteiger partial charge in [0.25, 0.3) is 0 Å². The average Bonchev–Trinajstić information content (AvgIpc) is 2.24. The molecule has 0 spiro atoms. The number of hydrogen-bond acceptors (Lipinski definition) is 3. The van der Waals surface area contributed by atoms with E-state index in [1.807, 2.05) is 6.92 Å². The van der Waals surface area contributed by atoms with E-state index in [0.717, 1.165) is 0 Å². The molecule has 0 aliphatic carbocycles. The third-order valence-electron chi connectivity index (χ3n) is 2.06. The minimum Gasteiger partial charge on any atom is -0.308 e. The molecule has 0 amide bonds. The van der Waals surface area contributed by atoms with E-state index in [2.05, 4.69) is 15.3 Å². The molecule has 90 valence electrons. The van der Waals surface area contributed by atoms with Gasteiger partial charge in [-0.1, -0.05) is 6.92 Å². The molecule has 0 radical (unpaired) electrons. The molecule has 1 aromatic heterocycles. The molecule has 0 fully saturated rings. The van der Waals surface area contributed by atoms with Crippen molar-refractivity contribution in [1.82, 2.24) is 15.3 Å². The summed E-state index contributed by atoms with van der Waals surface area (Å²) < 4.78 is 36.3. The molecule has 3 nitrogen and oxygen atoms in total. The minimum atomic E-state index is -4.14. The molecule has 0 saturated carbocycles. The van der Waals surface area contributed by atoms with E-state index >= 15 is 0 Å². The maximum atomic E-state index is 12.1. The Balaban J connectivity index is 2.61. The molecule has 0 aromatic carbocycles. The molecule has 16 heavy (non-hydrogen) atoms. The lowest BCUT2D eigenvalue weighted by Gasteiger charge is -2.16. The second-order valence-corrected chi connectivity index (χ2v) is 3.37. The van der Waals surface area contributed by atoms with Crippen LogP contribution in [0.4, 0.5) is 13.2 Å². The molecular formula is C10H14F3N3. The number of alkyl halides is 3. The van der Waals surface area contributed by atoms with Crippen LogP contribution in [0.15, 0.2) is 18.5 Å². The van der Waals surface area contributed by atoms with E-state index in [4.69, 9.17) is 0 Å². The molecule has 0 aliphatic rings. The van der Waals surface area contributed by atoms with Gasteiger partial charge >= 0.3 is 6.18 Å². The van der Waals surface area contributed by atoms with Crippen molar-refractivity contribution in [1.29, 1.82) is 0 Å². The Labute approximate surface area is 92.1 Å². The average molecular weight is 233 g/mol. The van der Waals surface area contributed by atoms with E-state index in [-0.39, 0.29) is 6.42 Å². The molecule has 1 heterocycles. The van der Waals surface area contributed by atoms with Crippen LogP contribution in [0.25, 0.3) is 0 Å². The summed E-state index contributed by atoms with van der Waals surface area (Å²) in [6.45, 7) is 2.42. The lowest BCUT2D eigenvalue weighted by molar-refractivity contribution is -0.136. The Bertz CT molecular complexity index is 300. The van der Waals surface area contributed by atoms with E-state index in [0.29, 0.717) is 12.4 Å². The quantitative estimate of drug-likeness (QED) is 0.849. The largest absolute Gasteiger partial charge is 0.389 e. The fourth-order valence-corrected chi connectivity index (χ4v) is 1.37. The second kappa shape index (κ2) is 5.79. The summed E-state index contributed by atoms with van der Waals surface area (Å²) in [5.41, 5.74) is 0. The Kier molecular flexibility index (Phi) is 4.67. The van der Waals surface area contributed by atoms with Crippen LogP contribution >= 0.6 is 0 Å². The molecule has 0 saturated heterocycles. The predicted octanol–water partition coefficient (Wildman–Crippen LogP) is 2.47. The zero-order valence-corrected chi connectivity index (χ0v) is 8.96. The van der Waals surface area contributed by atoms with Gasteiger partial charge < -0.3 is 5.32 Å². The maximum Gasteiger partial charge on any atom is 0.389 e. The Morgan fingerprint density at radius 2 is 1.94 bits per heavy atom. The molecule has 1 N–H and O–H groups in total. The molecule has 1 rings (SSSR count). The fraction of sp³-hybridized carbons (Fsp3) is 0.600. The maximum absolute atomic E-state index is 12.1. The first-order valence-corrected chi connectivity index (χ1v) is 5.10. The highest BCUT2D eigenvalue weighted by Crippen LogP contribution is 2.26. The lowest BCUT2D eigenvalue weighted by Crippen LogP contribution is -2.24. The van der Waals surface area contributed by atoms with Gasteiger partial charge in [-0.15, -0.1) is 0 Å². The summed E-state index contributed by atoms with van der Waals surface area (Å²) in [4.78, 5) is 7.91. The smallest absolute Gasteiger partial charge is 0.308 e. The third kappa shape index (κ3) is 4.57. The van der Waals surface area contributed by atoms with Crippen LogP contribution in [0.2, 0.25) is 0 Å². The number of rotatable bonds is 5. The second-order valence-electron chi connectivity index (χ2n) is 3.37. The first-order valence-electron chi connectivity index (χ1n) is 5.10. The van der Waals surface area contributed by atoms with Crippen molar-refractivity contribution in [3.8, 4) is 0 Å². The topological polar surface area (TPSA) is 37.8 Å². The summed E-state index contributed by atoms with van der Waals surface area (Å²) in [6, 6.07) is 1.20. The highest BCUT2D eigenvalue weighted by atomic mass is 19.4. The summed E-state index contributed by atoms with van der Waals surface area (Å²) in [6.07, 6.45) is -1.95. The monoisotopic (exact) mass is 233 g/mol. The predicted molar refractivity (Wildman–Crippen MR) is 53.7 cm³/mol. The standard InChI is InChI=1S/C10H14F3N3/c1-2-14-8(4-5-10(11,12)13)9-15-6-3-7-16-9/h3,6-8,14H,2,4-5H2,1H3. The van der Waals surface area contributed by atoms with Gasteiger partial charge in [-0.2, -0.15) is 13.2 Å². The van der Waals surface area contributed by atoms with Crippen molar-refractivity contribution in [3.05, 3.63) is 24.3 Å². The SMILES string of the molecule is CCNC(CCC(F)(F)F)c1ncccn1. The van der Waals surface area contributed by atoms with Gasteiger partial charge in [-0.3, -0.25) is 0 Å². The first-order chi connectivity index (χ1) is 7.53. The van der Waals surface area contributed by atoms with Gasteiger partial charge in [0.15, 0.2) is 0 Å². The number of nitrogens with zero attached hydrogens (tertiary/aromatic N) is 2. The highest BCUT2D eigenvalue weighted by Gasteiger charge is 2.29. The summed E-state index contributed by atoms with van der Waals surface area (Å²) in [5, 5.41) is 2.95. The fourth-order valence-electron chi connectivity index (χ4n) is 1.37. The van der Waals surface area contributed by atoms with Crippen LogP contribution in [0.5, 0.6) is 0 Å². The molecule has 1 unspecified atom stereocenters. The zero-order chi connectivity index (χ0) is 12.0. The molecule has 1 atom stereocenters. The normalized spacial score (nSPS) is 13.8. The van der Waals surface area contributed by atoms with Crippen LogP contribution in [0, 0.1) is 0 Å². The van der Waals surface area contributed by atoms with Gasteiger partial charge in [0.2, 0.25) is 0 Å². The van der Waals surface area contributed by atoms with Crippen molar-refractivity contribution in [2.24, 2.45) is 0 Å². The van der Waals surface area contributed by atoms with Crippen LogP contribution < -0.4 is 5.32 Å². The van der Waals surface area contributed by atoms with Gasteiger partial charge in [-0.05, 0) is 19.0 Å². The number of hydrogen-bond donors (Lipinski definition) is 1. The van der Waals surface area contributed by atoms with Crippen molar-refractivity contribution in [2.75, 3.05) is 6.54 Å². The van der Waals surface area contributed by atoms with E-state index in [1.165, 1.54) is 12.4 Å². The highest BCUT2D eigenvalue weighted by molar-refractivity contribution is 4.95. The lowest BCUT2D eigenvalue weighted by atomic mass is 10.1. The number of nitrogens with one attached hydrogen (secondary N) is 1. The van der Waals surface area contributed by atoms with E-state index < -0.39 is 18.6 Å². The van der Waals surface area contributed by atoms with Crippen LogP contribution in [-0.2, 0) is 0 Å². The van der Waals surface area contributed by atoms with Gasteiger partial charge in [0.1, 0.15) is 5.82 Å². The molecule has 6 heteroatoms. The van der Waals surface area contributed by atoms with E-state index in [9.17, 15) is 13.2 Å². The first kappa shape index (κ1) is 12.9. The van der Waals surface area contributed by atoms with Gasteiger partial charge in [0.05, 0.1) is 6.04 Å². The van der Waals surface area contributed by atoms with Crippen molar-refractivity contribution < 1.29 is 13.2 Å². The van der Waals surface area contributed by atoms with Crippen LogP contribution in [0.1, 0.15) is 31.6 Å². The minimum absolute atomic E-state index is 0.0403. The zero-order valence-electron chi connectivity index (χ0n) is 8.96. The molecule has 0 bridgehead atoms. The number of aromatic nitrogens is 2. The third-order valence-corrected chi connectivity index (χ3v) is 2.06. The Hall–Kier alpha value is -1.17. The van der Waals surface area contributed by atoms with Crippen molar-refractivity contribution in [3.63, 3.8) is 0 Å². The van der Waals surface area contributed by atoms with Gasteiger partial charge in [0, 0.05) is 18.8 Å². The van der Waals surface area contributed by atoms with Crippen molar-refractivity contribution >= 4 is 0 Å². The van der Waals surface area contributed by atoms with E-state index in [1.54, 1.807) is 6.07 Å². The Morgan fingerprint density at radius 3 is 2.44 bits per heavy atom. The van der Waals surface area contributed by atoms with Crippen LogP contribution in [0.3, 0.4) is 0 Å². The summed E-state index contributed by atoms with van der Waals surface area (Å²) >= 11 is 0. The molecule has 0 aliphatic heterocycles.